The first-order valence-corrected chi connectivity index (χ1v) is 6.90. The number of urea groups is 1. The number of piperidine rings is 1. The fourth-order valence-corrected chi connectivity index (χ4v) is 2.26. The molecule has 1 saturated heterocycles. The zero-order valence-electron chi connectivity index (χ0n) is 12.4. The summed E-state index contributed by atoms with van der Waals surface area (Å²) in [7, 11) is 1.70. The molecule has 2 atom stereocenters. The van der Waals surface area contributed by atoms with Crippen LogP contribution in [0, 0.1) is 0 Å². The Morgan fingerprint density at radius 2 is 2.20 bits per heavy atom. The summed E-state index contributed by atoms with van der Waals surface area (Å²) in [5.74, 6) is -0.672. The summed E-state index contributed by atoms with van der Waals surface area (Å²) in [6.07, 6.45) is 2.95. The first-order valence-electron chi connectivity index (χ1n) is 6.90. The van der Waals surface area contributed by atoms with Gasteiger partial charge in [0.2, 0.25) is 11.8 Å². The van der Waals surface area contributed by atoms with Gasteiger partial charge in [-0.05, 0) is 26.7 Å². The number of rotatable bonds is 5. The summed E-state index contributed by atoms with van der Waals surface area (Å²) in [6.45, 7) is 7.99. The molecule has 112 valence electrons. The van der Waals surface area contributed by atoms with Gasteiger partial charge in [0.1, 0.15) is 6.04 Å². The number of nitrogens with zero attached hydrogens (tertiary/aromatic N) is 2. The molecule has 4 amide bonds. The zero-order valence-corrected chi connectivity index (χ0v) is 12.4. The Labute approximate surface area is 119 Å². The first-order chi connectivity index (χ1) is 9.42. The van der Waals surface area contributed by atoms with Crippen LogP contribution in [0.15, 0.2) is 12.7 Å². The van der Waals surface area contributed by atoms with Crippen LogP contribution in [0.4, 0.5) is 4.79 Å². The zero-order chi connectivity index (χ0) is 15.3. The summed E-state index contributed by atoms with van der Waals surface area (Å²) in [5, 5.41) is 2.30. The quantitative estimate of drug-likeness (QED) is 0.606. The highest BCUT2D eigenvalue weighted by atomic mass is 16.2. The lowest BCUT2D eigenvalue weighted by atomic mass is 10.0. The molecule has 0 aliphatic carbocycles. The van der Waals surface area contributed by atoms with Crippen LogP contribution in [0.5, 0.6) is 0 Å². The Bertz CT molecular complexity index is 408. The van der Waals surface area contributed by atoms with Crippen molar-refractivity contribution >= 4 is 17.8 Å². The van der Waals surface area contributed by atoms with Crippen molar-refractivity contribution in [1.82, 2.24) is 15.1 Å². The molecule has 0 radical (unpaired) electrons. The lowest BCUT2D eigenvalue weighted by molar-refractivity contribution is -0.137. The van der Waals surface area contributed by atoms with Crippen LogP contribution >= 0.6 is 0 Å². The van der Waals surface area contributed by atoms with Gasteiger partial charge in [0.25, 0.3) is 0 Å². The fraction of sp³-hybridized carbons (Fsp3) is 0.643. The molecule has 1 N–H and O–H groups in total. The minimum atomic E-state index is -0.593. The van der Waals surface area contributed by atoms with E-state index in [1.807, 2.05) is 13.8 Å². The molecule has 0 spiro atoms. The highest BCUT2D eigenvalue weighted by Crippen LogP contribution is 2.19. The van der Waals surface area contributed by atoms with E-state index in [1.54, 1.807) is 22.9 Å². The van der Waals surface area contributed by atoms with Gasteiger partial charge >= 0.3 is 6.03 Å². The van der Waals surface area contributed by atoms with E-state index in [1.165, 1.54) is 0 Å². The average Bonchev–Trinajstić information content (AvgIpc) is 2.40. The van der Waals surface area contributed by atoms with Gasteiger partial charge in [0.15, 0.2) is 0 Å². The van der Waals surface area contributed by atoms with Crippen LogP contribution in [-0.2, 0) is 9.59 Å². The second kappa shape index (κ2) is 7.07. The molecular formula is C14H23N3O3. The molecule has 1 aliphatic rings. The normalized spacial score (nSPS) is 20.1. The molecule has 20 heavy (non-hydrogen) atoms. The van der Waals surface area contributed by atoms with E-state index in [9.17, 15) is 14.4 Å². The van der Waals surface area contributed by atoms with Gasteiger partial charge in [-0.15, -0.1) is 6.58 Å². The second-order valence-electron chi connectivity index (χ2n) is 5.04. The molecule has 1 fully saturated rings. The van der Waals surface area contributed by atoms with Gasteiger partial charge < -0.3 is 9.80 Å². The number of hydrogen-bond donors (Lipinski definition) is 1. The topological polar surface area (TPSA) is 69.7 Å². The predicted octanol–water partition coefficient (Wildman–Crippen LogP) is 1.13. The standard InChI is InChI=1S/C14H23N3O3/c1-5-7-10(3)17(14(20)16(4)6-2)11-8-9-12(18)15-13(11)19/h5,10-11H,1,6-9H2,2-4H3,(H,15,18,19). The van der Waals surface area contributed by atoms with Gasteiger partial charge in [-0.1, -0.05) is 6.08 Å². The molecule has 0 aromatic rings. The van der Waals surface area contributed by atoms with Gasteiger partial charge in [-0.25, -0.2) is 4.79 Å². The van der Waals surface area contributed by atoms with Gasteiger partial charge in [0.05, 0.1) is 0 Å². The number of carbonyl (C=O) groups excluding carboxylic acids is 3. The predicted molar refractivity (Wildman–Crippen MR) is 76.0 cm³/mol. The van der Waals surface area contributed by atoms with Crippen LogP contribution in [0.25, 0.3) is 0 Å². The van der Waals surface area contributed by atoms with E-state index in [0.29, 0.717) is 19.4 Å². The third-order valence-corrected chi connectivity index (χ3v) is 3.55. The molecule has 1 aliphatic heterocycles. The highest BCUT2D eigenvalue weighted by Gasteiger charge is 2.37. The number of nitrogens with one attached hydrogen (secondary N) is 1. The Hall–Kier alpha value is -1.85. The van der Waals surface area contributed by atoms with Crippen LogP contribution in [0.2, 0.25) is 0 Å². The van der Waals surface area contributed by atoms with Crippen molar-refractivity contribution in [2.45, 2.75) is 45.2 Å². The van der Waals surface area contributed by atoms with E-state index >= 15 is 0 Å². The van der Waals surface area contributed by atoms with Crippen LogP contribution in [0.1, 0.15) is 33.1 Å². The lowest BCUT2D eigenvalue weighted by Gasteiger charge is -2.39. The molecule has 1 rings (SSSR count). The van der Waals surface area contributed by atoms with E-state index in [0.717, 1.165) is 0 Å². The Kier molecular flexibility index (Phi) is 5.73. The Morgan fingerprint density at radius 1 is 1.55 bits per heavy atom. The number of amides is 4. The molecule has 0 aromatic heterocycles. The van der Waals surface area contributed by atoms with E-state index < -0.39 is 11.9 Å². The summed E-state index contributed by atoms with van der Waals surface area (Å²) in [6, 6.07) is -0.932. The molecule has 0 bridgehead atoms. The molecule has 2 unspecified atom stereocenters. The van der Waals surface area contributed by atoms with Crippen molar-refractivity contribution in [3.05, 3.63) is 12.7 Å². The summed E-state index contributed by atoms with van der Waals surface area (Å²) in [4.78, 5) is 38.8. The van der Waals surface area contributed by atoms with Crippen molar-refractivity contribution < 1.29 is 14.4 Å². The van der Waals surface area contributed by atoms with Crippen LogP contribution in [0.3, 0.4) is 0 Å². The smallest absolute Gasteiger partial charge is 0.320 e. The molecule has 0 saturated carbocycles. The maximum Gasteiger partial charge on any atom is 0.320 e. The van der Waals surface area contributed by atoms with Crippen molar-refractivity contribution in [3.63, 3.8) is 0 Å². The number of carbonyl (C=O) groups is 3. The first kappa shape index (κ1) is 16.2. The monoisotopic (exact) mass is 281 g/mol. The Morgan fingerprint density at radius 3 is 2.70 bits per heavy atom. The molecule has 6 heteroatoms. The number of imide groups is 1. The lowest BCUT2D eigenvalue weighted by Crippen LogP contribution is -2.59. The van der Waals surface area contributed by atoms with Crippen LogP contribution in [-0.4, -0.2) is 53.3 Å². The third kappa shape index (κ3) is 3.59. The van der Waals surface area contributed by atoms with Gasteiger partial charge in [0, 0.05) is 26.1 Å². The van der Waals surface area contributed by atoms with E-state index in [-0.39, 0.29) is 24.4 Å². The maximum absolute atomic E-state index is 12.5. The van der Waals surface area contributed by atoms with Gasteiger partial charge in [-0.3, -0.25) is 14.9 Å². The van der Waals surface area contributed by atoms with Crippen molar-refractivity contribution in [1.29, 1.82) is 0 Å². The van der Waals surface area contributed by atoms with Crippen molar-refractivity contribution in [2.24, 2.45) is 0 Å². The molecular weight excluding hydrogens is 258 g/mol. The summed E-state index contributed by atoms with van der Waals surface area (Å²) in [5.41, 5.74) is 0. The van der Waals surface area contributed by atoms with Crippen molar-refractivity contribution in [2.75, 3.05) is 13.6 Å². The van der Waals surface area contributed by atoms with Gasteiger partial charge in [-0.2, -0.15) is 0 Å². The second-order valence-corrected chi connectivity index (χ2v) is 5.04. The third-order valence-electron chi connectivity index (χ3n) is 3.55. The van der Waals surface area contributed by atoms with Crippen molar-refractivity contribution in [3.8, 4) is 0 Å². The van der Waals surface area contributed by atoms with E-state index in [2.05, 4.69) is 11.9 Å². The minimum absolute atomic E-state index is 0.141. The molecule has 6 nitrogen and oxygen atoms in total. The molecule has 1 heterocycles. The summed E-state index contributed by atoms with van der Waals surface area (Å²) >= 11 is 0. The minimum Gasteiger partial charge on any atom is -0.328 e. The summed E-state index contributed by atoms with van der Waals surface area (Å²) < 4.78 is 0. The SMILES string of the molecule is C=CCC(C)N(C(=O)N(C)CC)C1CCC(=O)NC1=O. The Balaban J connectivity index is 2.97. The van der Waals surface area contributed by atoms with Crippen LogP contribution < -0.4 is 5.32 Å². The largest absolute Gasteiger partial charge is 0.328 e. The fourth-order valence-electron chi connectivity index (χ4n) is 2.26. The molecule has 0 aromatic carbocycles. The number of hydrogen-bond acceptors (Lipinski definition) is 3. The van der Waals surface area contributed by atoms with E-state index in [4.69, 9.17) is 0 Å². The average molecular weight is 281 g/mol. The maximum atomic E-state index is 12.5. The highest BCUT2D eigenvalue weighted by molar-refractivity contribution is 6.01.